The Morgan fingerprint density at radius 3 is 3.00 bits per heavy atom. The van der Waals surface area contributed by atoms with Gasteiger partial charge < -0.3 is 15.6 Å². The molecule has 0 aliphatic rings. The van der Waals surface area contributed by atoms with Crippen molar-refractivity contribution in [2.45, 2.75) is 19.5 Å². The van der Waals surface area contributed by atoms with E-state index >= 15 is 0 Å². The van der Waals surface area contributed by atoms with Crippen LogP contribution in [0.4, 0.5) is 15.8 Å². The molecule has 2 rings (SSSR count). The summed E-state index contributed by atoms with van der Waals surface area (Å²) in [5, 5.41) is 3.18. The first-order valence-corrected chi connectivity index (χ1v) is 6.32. The first kappa shape index (κ1) is 12.9. The molecule has 1 aromatic carbocycles. The average Bonchev–Trinajstić information content (AvgIpc) is 2.78. The molecule has 0 saturated heterocycles. The summed E-state index contributed by atoms with van der Waals surface area (Å²) >= 11 is 3.10. The van der Waals surface area contributed by atoms with E-state index in [1.165, 1.54) is 6.07 Å². The minimum Gasteiger partial charge on any atom is -0.397 e. The average molecular weight is 313 g/mol. The topological polar surface area (TPSA) is 55.9 Å². The number of hydrogen-bond acceptors (Lipinski definition) is 3. The highest BCUT2D eigenvalue weighted by molar-refractivity contribution is 9.10. The van der Waals surface area contributed by atoms with E-state index < -0.39 is 0 Å². The fourth-order valence-corrected chi connectivity index (χ4v) is 2.07. The van der Waals surface area contributed by atoms with Crippen molar-refractivity contribution in [3.63, 3.8) is 0 Å². The van der Waals surface area contributed by atoms with E-state index in [1.807, 2.05) is 17.7 Å². The molecule has 0 aliphatic carbocycles. The summed E-state index contributed by atoms with van der Waals surface area (Å²) in [6.07, 6.45) is 5.34. The molecule has 4 nitrogen and oxygen atoms in total. The van der Waals surface area contributed by atoms with Crippen LogP contribution in [0, 0.1) is 5.82 Å². The molecule has 1 heterocycles. The summed E-state index contributed by atoms with van der Waals surface area (Å²) in [5.74, 6) is -0.332. The summed E-state index contributed by atoms with van der Waals surface area (Å²) in [6, 6.07) is 3.06. The SMILES string of the molecule is CC(Cn1ccnc1)Nc1cc(F)c(Br)cc1N. The summed E-state index contributed by atoms with van der Waals surface area (Å²) in [6.45, 7) is 2.73. The van der Waals surface area contributed by atoms with Crippen molar-refractivity contribution in [1.82, 2.24) is 9.55 Å². The van der Waals surface area contributed by atoms with Gasteiger partial charge in [-0.3, -0.25) is 0 Å². The number of imidazole rings is 1. The monoisotopic (exact) mass is 312 g/mol. The molecule has 1 atom stereocenters. The molecule has 1 aromatic heterocycles. The van der Waals surface area contributed by atoms with E-state index in [0.29, 0.717) is 15.8 Å². The molecular weight excluding hydrogens is 299 g/mol. The molecule has 18 heavy (non-hydrogen) atoms. The van der Waals surface area contributed by atoms with Gasteiger partial charge in [0.1, 0.15) is 5.82 Å². The van der Waals surface area contributed by atoms with Crippen LogP contribution in [0.1, 0.15) is 6.92 Å². The number of anilines is 2. The van der Waals surface area contributed by atoms with Crippen LogP contribution in [0.25, 0.3) is 0 Å². The van der Waals surface area contributed by atoms with Crippen LogP contribution in [0.15, 0.2) is 35.3 Å². The molecule has 3 N–H and O–H groups in total. The Balaban J connectivity index is 2.07. The number of hydrogen-bond donors (Lipinski definition) is 2. The molecule has 6 heteroatoms. The molecule has 0 saturated carbocycles. The first-order chi connectivity index (χ1) is 8.56. The minimum absolute atomic E-state index is 0.113. The summed E-state index contributed by atoms with van der Waals surface area (Å²) in [4.78, 5) is 3.97. The smallest absolute Gasteiger partial charge is 0.139 e. The van der Waals surface area contributed by atoms with Crippen LogP contribution in [0.3, 0.4) is 0 Å². The summed E-state index contributed by atoms with van der Waals surface area (Å²) < 4.78 is 15.7. The fraction of sp³-hybridized carbons (Fsp3) is 0.250. The van der Waals surface area contributed by atoms with Crippen molar-refractivity contribution in [1.29, 1.82) is 0 Å². The third kappa shape index (κ3) is 3.01. The maximum Gasteiger partial charge on any atom is 0.139 e. The van der Waals surface area contributed by atoms with Crippen molar-refractivity contribution in [2.24, 2.45) is 0 Å². The number of nitrogen functional groups attached to an aromatic ring is 1. The Labute approximate surface area is 113 Å². The van der Waals surface area contributed by atoms with Crippen LogP contribution in [-0.4, -0.2) is 15.6 Å². The lowest BCUT2D eigenvalue weighted by atomic mass is 10.2. The van der Waals surface area contributed by atoms with E-state index in [0.717, 1.165) is 6.54 Å². The van der Waals surface area contributed by atoms with Gasteiger partial charge in [-0.1, -0.05) is 0 Å². The van der Waals surface area contributed by atoms with Gasteiger partial charge in [-0.15, -0.1) is 0 Å². The molecule has 0 amide bonds. The molecule has 0 radical (unpaired) electrons. The van der Waals surface area contributed by atoms with E-state index in [1.54, 1.807) is 18.6 Å². The lowest BCUT2D eigenvalue weighted by molar-refractivity contribution is 0.611. The van der Waals surface area contributed by atoms with E-state index in [9.17, 15) is 4.39 Å². The van der Waals surface area contributed by atoms with Gasteiger partial charge in [0, 0.05) is 31.0 Å². The molecular formula is C12H14BrFN4. The highest BCUT2D eigenvalue weighted by Crippen LogP contribution is 2.27. The predicted octanol–water partition coefficient (Wildman–Crippen LogP) is 2.87. The minimum atomic E-state index is -0.332. The van der Waals surface area contributed by atoms with Crippen molar-refractivity contribution >= 4 is 27.3 Å². The molecule has 0 bridgehead atoms. The quantitative estimate of drug-likeness (QED) is 0.854. The van der Waals surface area contributed by atoms with Crippen LogP contribution in [-0.2, 0) is 6.54 Å². The van der Waals surface area contributed by atoms with Gasteiger partial charge in [0.05, 0.1) is 22.2 Å². The fourth-order valence-electron chi connectivity index (χ4n) is 1.71. The van der Waals surface area contributed by atoms with Gasteiger partial charge >= 0.3 is 0 Å². The number of benzene rings is 1. The summed E-state index contributed by atoms with van der Waals surface area (Å²) in [7, 11) is 0. The van der Waals surface area contributed by atoms with Gasteiger partial charge in [0.15, 0.2) is 0 Å². The Hall–Kier alpha value is -1.56. The zero-order valence-corrected chi connectivity index (χ0v) is 11.5. The van der Waals surface area contributed by atoms with E-state index in [-0.39, 0.29) is 11.9 Å². The Morgan fingerprint density at radius 2 is 2.33 bits per heavy atom. The van der Waals surface area contributed by atoms with E-state index in [4.69, 9.17) is 5.73 Å². The molecule has 1 unspecified atom stereocenters. The largest absolute Gasteiger partial charge is 0.397 e. The highest BCUT2D eigenvalue weighted by Gasteiger charge is 2.09. The van der Waals surface area contributed by atoms with Crippen molar-refractivity contribution in [2.75, 3.05) is 11.1 Å². The van der Waals surface area contributed by atoms with Crippen LogP contribution < -0.4 is 11.1 Å². The van der Waals surface area contributed by atoms with Crippen LogP contribution in [0.5, 0.6) is 0 Å². The normalized spacial score (nSPS) is 12.4. The lowest BCUT2D eigenvalue weighted by Crippen LogP contribution is -2.22. The number of nitrogens with two attached hydrogens (primary N) is 1. The molecule has 0 spiro atoms. The number of aromatic nitrogens is 2. The number of nitrogens with one attached hydrogen (secondary N) is 1. The maximum absolute atomic E-state index is 13.4. The standard InChI is InChI=1S/C12H14BrFN4/c1-8(6-18-3-2-16-7-18)17-12-5-10(14)9(13)4-11(12)15/h2-5,7-8,17H,6,15H2,1H3. The Morgan fingerprint density at radius 1 is 1.56 bits per heavy atom. The second-order valence-corrected chi connectivity index (χ2v) is 5.01. The molecule has 2 aromatic rings. The first-order valence-electron chi connectivity index (χ1n) is 5.53. The maximum atomic E-state index is 13.4. The number of halogens is 2. The zero-order valence-electron chi connectivity index (χ0n) is 9.90. The van der Waals surface area contributed by atoms with Gasteiger partial charge in [-0.05, 0) is 28.9 Å². The van der Waals surface area contributed by atoms with Crippen LogP contribution in [0.2, 0.25) is 0 Å². The van der Waals surface area contributed by atoms with Gasteiger partial charge in [0.25, 0.3) is 0 Å². The van der Waals surface area contributed by atoms with Gasteiger partial charge in [-0.2, -0.15) is 0 Å². The van der Waals surface area contributed by atoms with Crippen LogP contribution >= 0.6 is 15.9 Å². The third-order valence-corrected chi connectivity index (χ3v) is 3.15. The van der Waals surface area contributed by atoms with Crippen molar-refractivity contribution in [3.8, 4) is 0 Å². The van der Waals surface area contributed by atoms with Gasteiger partial charge in [-0.25, -0.2) is 9.37 Å². The second kappa shape index (κ2) is 5.39. The lowest BCUT2D eigenvalue weighted by Gasteiger charge is -2.17. The molecule has 96 valence electrons. The van der Waals surface area contributed by atoms with Crippen molar-refractivity contribution in [3.05, 3.63) is 41.1 Å². The summed E-state index contributed by atoms with van der Waals surface area (Å²) in [5.41, 5.74) is 6.95. The predicted molar refractivity (Wildman–Crippen MR) is 73.8 cm³/mol. The zero-order chi connectivity index (χ0) is 13.1. The molecule has 0 aliphatic heterocycles. The highest BCUT2D eigenvalue weighted by atomic mass is 79.9. The Kier molecular flexibility index (Phi) is 3.86. The van der Waals surface area contributed by atoms with E-state index in [2.05, 4.69) is 26.2 Å². The van der Waals surface area contributed by atoms with Crippen molar-refractivity contribution < 1.29 is 4.39 Å². The Bertz CT molecular complexity index is 527. The number of rotatable bonds is 4. The third-order valence-electron chi connectivity index (χ3n) is 2.54. The molecule has 0 fully saturated rings. The van der Waals surface area contributed by atoms with Gasteiger partial charge in [0.2, 0.25) is 0 Å². The number of nitrogens with zero attached hydrogens (tertiary/aromatic N) is 2. The second-order valence-electron chi connectivity index (χ2n) is 4.16.